The highest BCUT2D eigenvalue weighted by atomic mass is 16.7. The van der Waals surface area contributed by atoms with Crippen LogP contribution in [0.1, 0.15) is 26.3 Å². The summed E-state index contributed by atoms with van der Waals surface area (Å²) in [5, 5.41) is 9.52. The van der Waals surface area contributed by atoms with Gasteiger partial charge in [0.05, 0.1) is 5.56 Å². The molecule has 1 aromatic rings. The topological polar surface area (TPSA) is 82.1 Å². The van der Waals surface area contributed by atoms with Gasteiger partial charge in [0, 0.05) is 19.8 Å². The first-order valence-electron chi connectivity index (χ1n) is 6.17. The number of fused-ring (bicyclic) bond motifs is 1. The van der Waals surface area contributed by atoms with Crippen LogP contribution in [0.4, 0.5) is 0 Å². The Morgan fingerprint density at radius 3 is 2.14 bits per heavy atom. The Kier molecular flexibility index (Phi) is 6.74. The summed E-state index contributed by atoms with van der Waals surface area (Å²) in [4.78, 5) is 22.7. The van der Waals surface area contributed by atoms with Crippen molar-refractivity contribution in [2.24, 2.45) is 0 Å². The third-order valence-corrected chi connectivity index (χ3v) is 2.56. The number of methoxy groups -OCH3 is 2. The van der Waals surface area contributed by atoms with Crippen LogP contribution in [0.3, 0.4) is 0 Å². The van der Waals surface area contributed by atoms with Gasteiger partial charge in [0.1, 0.15) is 19.3 Å². The Labute approximate surface area is 122 Å². The SMILES string of the molecule is COCOCOC.Cc1cc(O)c2c(c1)C(=O)C=CC2=O. The van der Waals surface area contributed by atoms with Gasteiger partial charge in [-0.2, -0.15) is 0 Å². The van der Waals surface area contributed by atoms with E-state index in [1.165, 1.54) is 18.2 Å². The molecule has 0 amide bonds. The van der Waals surface area contributed by atoms with E-state index in [2.05, 4.69) is 14.2 Å². The lowest BCUT2D eigenvalue weighted by molar-refractivity contribution is -0.107. The molecule has 0 aromatic heterocycles. The average Bonchev–Trinajstić information content (AvgIpc) is 2.44. The maximum atomic E-state index is 11.4. The van der Waals surface area contributed by atoms with E-state index in [4.69, 9.17) is 0 Å². The number of aromatic hydroxyl groups is 1. The van der Waals surface area contributed by atoms with Crippen molar-refractivity contribution in [1.82, 2.24) is 0 Å². The van der Waals surface area contributed by atoms with Gasteiger partial charge >= 0.3 is 0 Å². The third kappa shape index (κ3) is 4.78. The molecule has 1 N–H and O–H groups in total. The highest BCUT2D eigenvalue weighted by Crippen LogP contribution is 2.27. The first-order valence-corrected chi connectivity index (χ1v) is 6.17. The summed E-state index contributed by atoms with van der Waals surface area (Å²) in [7, 11) is 3.13. The Hall–Kier alpha value is -2.02. The van der Waals surface area contributed by atoms with Crippen molar-refractivity contribution in [2.75, 3.05) is 27.8 Å². The van der Waals surface area contributed by atoms with Crippen molar-refractivity contribution in [1.29, 1.82) is 0 Å². The second kappa shape index (κ2) is 8.31. The van der Waals surface area contributed by atoms with E-state index in [1.807, 2.05) is 0 Å². The van der Waals surface area contributed by atoms with Crippen LogP contribution in [-0.2, 0) is 14.2 Å². The van der Waals surface area contributed by atoms with E-state index >= 15 is 0 Å². The fraction of sp³-hybridized carbons (Fsp3) is 0.333. The number of hydrogen-bond donors (Lipinski definition) is 1. The molecule has 1 aliphatic carbocycles. The van der Waals surface area contributed by atoms with Crippen LogP contribution in [0, 0.1) is 6.92 Å². The van der Waals surface area contributed by atoms with Crippen molar-refractivity contribution >= 4 is 11.6 Å². The highest BCUT2D eigenvalue weighted by molar-refractivity contribution is 6.23. The second-order valence-electron chi connectivity index (χ2n) is 4.29. The largest absolute Gasteiger partial charge is 0.507 e. The predicted octanol–water partition coefficient (Wildman–Crippen LogP) is 1.85. The fourth-order valence-corrected chi connectivity index (χ4v) is 1.75. The van der Waals surface area contributed by atoms with Crippen LogP contribution in [-0.4, -0.2) is 44.5 Å². The van der Waals surface area contributed by atoms with Gasteiger partial charge in [0.2, 0.25) is 0 Å². The monoisotopic (exact) mass is 294 g/mol. The van der Waals surface area contributed by atoms with Gasteiger partial charge in [0.25, 0.3) is 0 Å². The lowest BCUT2D eigenvalue weighted by Gasteiger charge is -2.11. The number of ketones is 2. The van der Waals surface area contributed by atoms with Crippen molar-refractivity contribution in [3.63, 3.8) is 0 Å². The molecule has 0 bridgehead atoms. The number of ether oxygens (including phenoxy) is 3. The molecule has 2 rings (SSSR count). The zero-order valence-electron chi connectivity index (χ0n) is 12.2. The van der Waals surface area contributed by atoms with E-state index in [9.17, 15) is 14.7 Å². The zero-order valence-corrected chi connectivity index (χ0v) is 12.2. The molecule has 114 valence electrons. The average molecular weight is 294 g/mol. The van der Waals surface area contributed by atoms with Crippen molar-refractivity contribution < 1.29 is 28.9 Å². The van der Waals surface area contributed by atoms with Crippen LogP contribution < -0.4 is 0 Å². The molecule has 21 heavy (non-hydrogen) atoms. The maximum Gasteiger partial charge on any atom is 0.190 e. The molecule has 0 radical (unpaired) electrons. The number of phenols is 1. The Balaban J connectivity index is 0.000000270. The number of rotatable bonds is 4. The van der Waals surface area contributed by atoms with E-state index in [0.29, 0.717) is 13.6 Å². The van der Waals surface area contributed by atoms with Crippen molar-refractivity contribution in [2.45, 2.75) is 6.92 Å². The number of aryl methyl sites for hydroxylation is 1. The standard InChI is InChI=1S/C11H8O3.C4H10O3/c1-6-4-7-8(12)2-3-9(13)11(7)10(14)5-6;1-5-3-7-4-6-2/h2-5,14H,1H3;3-4H2,1-2H3. The summed E-state index contributed by atoms with van der Waals surface area (Å²) in [6.07, 6.45) is 2.41. The van der Waals surface area contributed by atoms with Gasteiger partial charge in [-0.1, -0.05) is 0 Å². The Bertz CT molecular complexity index is 543. The quantitative estimate of drug-likeness (QED) is 0.674. The predicted molar refractivity (Wildman–Crippen MR) is 75.5 cm³/mol. The lowest BCUT2D eigenvalue weighted by Crippen LogP contribution is -2.11. The minimum absolute atomic E-state index is 0.114. The molecule has 6 heteroatoms. The molecule has 0 heterocycles. The molecule has 6 nitrogen and oxygen atoms in total. The van der Waals surface area contributed by atoms with Gasteiger partial charge < -0.3 is 19.3 Å². The van der Waals surface area contributed by atoms with Gasteiger partial charge in [-0.15, -0.1) is 0 Å². The van der Waals surface area contributed by atoms with Gasteiger partial charge in [-0.05, 0) is 36.8 Å². The van der Waals surface area contributed by atoms with Gasteiger partial charge in [0.15, 0.2) is 11.6 Å². The molecule has 0 atom stereocenters. The van der Waals surface area contributed by atoms with Crippen LogP contribution in [0.25, 0.3) is 0 Å². The first-order chi connectivity index (χ1) is 10.0. The number of carbonyl (C=O) groups is 2. The Morgan fingerprint density at radius 1 is 1.00 bits per heavy atom. The molecule has 0 saturated heterocycles. The lowest BCUT2D eigenvalue weighted by atomic mass is 9.92. The number of phenolic OH excluding ortho intramolecular Hbond substituents is 1. The summed E-state index contributed by atoms with van der Waals surface area (Å²) in [6, 6.07) is 3.09. The van der Waals surface area contributed by atoms with Gasteiger partial charge in [-0.25, -0.2) is 0 Å². The van der Waals surface area contributed by atoms with Crippen LogP contribution in [0.15, 0.2) is 24.3 Å². The molecule has 1 aromatic carbocycles. The van der Waals surface area contributed by atoms with Crippen molar-refractivity contribution in [3.05, 3.63) is 41.0 Å². The summed E-state index contributed by atoms with van der Waals surface area (Å²) in [6.45, 7) is 2.36. The summed E-state index contributed by atoms with van der Waals surface area (Å²) in [5.74, 6) is -0.682. The molecular weight excluding hydrogens is 276 g/mol. The van der Waals surface area contributed by atoms with Crippen molar-refractivity contribution in [3.8, 4) is 5.75 Å². The summed E-state index contributed by atoms with van der Waals surface area (Å²) in [5.41, 5.74) is 1.16. The summed E-state index contributed by atoms with van der Waals surface area (Å²) < 4.78 is 13.8. The third-order valence-electron chi connectivity index (χ3n) is 2.56. The molecule has 0 aliphatic heterocycles. The van der Waals surface area contributed by atoms with Gasteiger partial charge in [-0.3, -0.25) is 9.59 Å². The number of carbonyl (C=O) groups excluding carboxylic acids is 2. The molecule has 0 unspecified atom stereocenters. The minimum Gasteiger partial charge on any atom is -0.507 e. The molecule has 0 saturated carbocycles. The molecule has 0 fully saturated rings. The number of hydrogen-bond acceptors (Lipinski definition) is 6. The van der Waals surface area contributed by atoms with E-state index < -0.39 is 0 Å². The minimum atomic E-state index is -0.322. The van der Waals surface area contributed by atoms with E-state index in [-0.39, 0.29) is 28.4 Å². The van der Waals surface area contributed by atoms with Crippen LogP contribution in [0.2, 0.25) is 0 Å². The number of benzene rings is 1. The second-order valence-corrected chi connectivity index (χ2v) is 4.29. The number of allylic oxidation sites excluding steroid dienone is 2. The van der Waals surface area contributed by atoms with Crippen LogP contribution >= 0.6 is 0 Å². The highest BCUT2D eigenvalue weighted by Gasteiger charge is 2.22. The molecule has 0 spiro atoms. The molecule has 1 aliphatic rings. The maximum absolute atomic E-state index is 11.4. The van der Waals surface area contributed by atoms with Crippen LogP contribution in [0.5, 0.6) is 5.75 Å². The molecular formula is C15H18O6. The normalized spacial score (nSPS) is 12.7. The smallest absolute Gasteiger partial charge is 0.190 e. The Morgan fingerprint density at radius 2 is 1.57 bits per heavy atom. The fourth-order valence-electron chi connectivity index (χ4n) is 1.75. The van der Waals surface area contributed by atoms with E-state index in [1.54, 1.807) is 27.2 Å². The summed E-state index contributed by atoms with van der Waals surface area (Å²) >= 11 is 0. The van der Waals surface area contributed by atoms with E-state index in [0.717, 1.165) is 5.56 Å². The zero-order chi connectivity index (χ0) is 15.8. The first kappa shape index (κ1) is 17.0.